The summed E-state index contributed by atoms with van der Waals surface area (Å²) in [7, 11) is 2.63. The zero-order valence-electron chi connectivity index (χ0n) is 29.7. The zero-order chi connectivity index (χ0) is 37.9. The lowest BCUT2D eigenvalue weighted by atomic mass is 9.98. The number of nitrogens with zero attached hydrogens (tertiary/aromatic N) is 10. The highest BCUT2D eigenvalue weighted by Crippen LogP contribution is 2.37. The number of hydrogen-bond acceptors (Lipinski definition) is 12. The van der Waals surface area contributed by atoms with E-state index in [4.69, 9.17) is 9.47 Å². The molecule has 54 heavy (non-hydrogen) atoms. The average Bonchev–Trinajstić information content (AvgIpc) is 3.21. The Morgan fingerprint density at radius 1 is 0.556 bits per heavy atom. The summed E-state index contributed by atoms with van der Waals surface area (Å²) in [4.78, 5) is 38.7. The highest BCUT2D eigenvalue weighted by molar-refractivity contribution is 5.57. The lowest BCUT2D eigenvalue weighted by Gasteiger charge is -2.36. The van der Waals surface area contributed by atoms with Gasteiger partial charge >= 0.3 is 0 Å². The van der Waals surface area contributed by atoms with Crippen molar-refractivity contribution in [2.75, 3.05) is 37.1 Å². The quantitative estimate of drug-likeness (QED) is 0.169. The molecule has 2 atom stereocenters. The number of hydrogen-bond donors (Lipinski definition) is 0. The number of rotatable bonds is 6. The van der Waals surface area contributed by atoms with Crippen LogP contribution >= 0.6 is 0 Å². The van der Waals surface area contributed by atoms with Crippen LogP contribution in [0.2, 0.25) is 0 Å². The summed E-state index contributed by atoms with van der Waals surface area (Å²) in [6.45, 7) is 5.17. The van der Waals surface area contributed by atoms with Crippen LogP contribution in [0.25, 0.3) is 23.3 Å². The molecule has 8 rings (SSSR count). The Bertz CT molecular complexity index is 2130. The number of methoxy groups -OCH3 is 2. The molecule has 0 saturated heterocycles. The first-order valence-corrected chi connectivity index (χ1v) is 17.0. The number of fused-ring (bicyclic) bond motifs is 2. The Balaban J connectivity index is 0.000000167. The molecule has 0 spiro atoms. The van der Waals surface area contributed by atoms with Gasteiger partial charge in [0.15, 0.2) is 46.4 Å². The van der Waals surface area contributed by atoms with E-state index in [0.717, 1.165) is 22.5 Å². The summed E-state index contributed by atoms with van der Waals surface area (Å²) in [5.41, 5.74) is 4.80. The van der Waals surface area contributed by atoms with Crippen LogP contribution in [-0.2, 0) is 12.8 Å². The highest BCUT2D eigenvalue weighted by atomic mass is 19.2. The molecule has 0 radical (unpaired) electrons. The SMILES string of the molecule is COc1cc(N2CCc3nc(-c4ncccn4)ncc3[C@@H]2C)cc(F)c1F.COc1cc(N2CCc3nc(-c4ncccn4)ncc3[C@H]2C)cc(F)c1F. The van der Waals surface area contributed by atoms with Gasteiger partial charge in [-0.2, -0.15) is 8.78 Å². The summed E-state index contributed by atoms with van der Waals surface area (Å²) < 4.78 is 65.2. The van der Waals surface area contributed by atoms with Gasteiger partial charge in [0.25, 0.3) is 0 Å². The maximum Gasteiger partial charge on any atom is 0.200 e. The lowest BCUT2D eigenvalue weighted by molar-refractivity contribution is 0.371. The van der Waals surface area contributed by atoms with E-state index >= 15 is 0 Å². The summed E-state index contributed by atoms with van der Waals surface area (Å²) in [6, 6.07) is 8.65. The van der Waals surface area contributed by atoms with E-state index in [1.54, 1.807) is 49.3 Å². The molecule has 0 bridgehead atoms. The fraction of sp³-hybridized carbons (Fsp3) is 0.263. The van der Waals surface area contributed by atoms with Crippen LogP contribution in [0.5, 0.6) is 11.5 Å². The third-order valence-electron chi connectivity index (χ3n) is 9.41. The minimum Gasteiger partial charge on any atom is -0.493 e. The van der Waals surface area contributed by atoms with Gasteiger partial charge in [0.1, 0.15) is 0 Å². The van der Waals surface area contributed by atoms with Crippen molar-refractivity contribution in [1.29, 1.82) is 0 Å². The molecule has 6 aromatic rings. The summed E-state index contributed by atoms with van der Waals surface area (Å²) in [5.74, 6) is -2.17. The Morgan fingerprint density at radius 2 is 0.944 bits per heavy atom. The van der Waals surface area contributed by atoms with Crippen LogP contribution in [0, 0.1) is 23.3 Å². The largest absolute Gasteiger partial charge is 0.493 e. The van der Waals surface area contributed by atoms with Gasteiger partial charge in [0.2, 0.25) is 11.6 Å². The predicted molar refractivity (Wildman–Crippen MR) is 191 cm³/mol. The molecule has 0 saturated carbocycles. The average molecular weight is 739 g/mol. The van der Waals surface area contributed by atoms with Gasteiger partial charge in [-0.1, -0.05) is 0 Å². The molecule has 6 heterocycles. The van der Waals surface area contributed by atoms with E-state index < -0.39 is 23.3 Å². The van der Waals surface area contributed by atoms with E-state index in [2.05, 4.69) is 39.9 Å². The van der Waals surface area contributed by atoms with Crippen LogP contribution in [0.4, 0.5) is 28.9 Å². The van der Waals surface area contributed by atoms with Gasteiger partial charge in [-0.15, -0.1) is 0 Å². The maximum absolute atomic E-state index is 13.9. The molecule has 2 aliphatic rings. The maximum atomic E-state index is 13.9. The summed E-state index contributed by atoms with van der Waals surface area (Å²) in [5, 5.41) is 0. The summed E-state index contributed by atoms with van der Waals surface area (Å²) >= 11 is 0. The van der Waals surface area contributed by atoms with E-state index in [1.807, 2.05) is 23.6 Å². The summed E-state index contributed by atoms with van der Waals surface area (Å²) in [6.07, 6.45) is 11.4. The number of anilines is 2. The van der Waals surface area contributed by atoms with Gasteiger partial charge in [0, 0.05) is 110 Å². The van der Waals surface area contributed by atoms with Crippen molar-refractivity contribution in [2.24, 2.45) is 0 Å². The predicted octanol–water partition coefficient (Wildman–Crippen LogP) is 6.69. The van der Waals surface area contributed by atoms with E-state index in [1.165, 1.54) is 38.5 Å². The van der Waals surface area contributed by atoms with Gasteiger partial charge in [-0.3, -0.25) is 0 Å². The number of halogens is 4. The van der Waals surface area contributed by atoms with Crippen molar-refractivity contribution >= 4 is 11.4 Å². The molecular weight excluding hydrogens is 704 g/mol. The Morgan fingerprint density at radius 3 is 1.31 bits per heavy atom. The molecule has 16 heteroatoms. The Labute approximate surface area is 308 Å². The highest BCUT2D eigenvalue weighted by Gasteiger charge is 2.29. The van der Waals surface area contributed by atoms with Crippen LogP contribution in [0.15, 0.2) is 73.6 Å². The van der Waals surface area contributed by atoms with Gasteiger partial charge in [-0.05, 0) is 26.0 Å². The van der Waals surface area contributed by atoms with Crippen molar-refractivity contribution in [1.82, 2.24) is 39.9 Å². The van der Waals surface area contributed by atoms with Crippen LogP contribution in [0.1, 0.15) is 48.4 Å². The van der Waals surface area contributed by atoms with Gasteiger partial charge in [0.05, 0.1) is 37.7 Å². The van der Waals surface area contributed by atoms with Crippen molar-refractivity contribution in [3.8, 4) is 34.8 Å². The molecule has 276 valence electrons. The van der Waals surface area contributed by atoms with Crippen LogP contribution in [0.3, 0.4) is 0 Å². The second-order valence-corrected chi connectivity index (χ2v) is 12.5. The third-order valence-corrected chi connectivity index (χ3v) is 9.41. The molecule has 2 aliphatic heterocycles. The van der Waals surface area contributed by atoms with Crippen LogP contribution in [-0.4, -0.2) is 67.2 Å². The molecule has 2 aromatic carbocycles. The lowest BCUT2D eigenvalue weighted by Crippen LogP contribution is -2.35. The second kappa shape index (κ2) is 15.3. The van der Waals surface area contributed by atoms with Crippen molar-refractivity contribution in [3.05, 3.63) is 119 Å². The standard InChI is InChI=1S/2C19H17F2N5O/c2*1-11-13-10-24-19(18-22-5-3-6-23-18)25-15(13)4-7-26(11)12-8-14(20)17(21)16(9-12)27-2/h2*3,5-6,8-11H,4,7H2,1-2H3/t2*11-/m10/s1. The van der Waals surface area contributed by atoms with E-state index in [9.17, 15) is 17.6 Å². The van der Waals surface area contributed by atoms with Crippen LogP contribution < -0.4 is 19.3 Å². The van der Waals surface area contributed by atoms with E-state index in [-0.39, 0.29) is 23.6 Å². The monoisotopic (exact) mass is 738 g/mol. The second-order valence-electron chi connectivity index (χ2n) is 12.5. The minimum atomic E-state index is -0.984. The topological polar surface area (TPSA) is 128 Å². The fourth-order valence-electron chi connectivity index (χ4n) is 6.61. The van der Waals surface area contributed by atoms with Gasteiger partial charge < -0.3 is 19.3 Å². The molecule has 12 nitrogen and oxygen atoms in total. The van der Waals surface area contributed by atoms with Crippen molar-refractivity contribution in [3.63, 3.8) is 0 Å². The number of ether oxygens (including phenoxy) is 2. The number of aromatic nitrogens is 8. The van der Waals surface area contributed by atoms with Gasteiger partial charge in [-0.25, -0.2) is 48.7 Å². The van der Waals surface area contributed by atoms with E-state index in [0.29, 0.717) is 60.6 Å². The first-order valence-electron chi connectivity index (χ1n) is 17.0. The molecule has 0 unspecified atom stereocenters. The first kappa shape index (κ1) is 36.1. The smallest absolute Gasteiger partial charge is 0.200 e. The molecule has 0 N–H and O–H groups in total. The molecular formula is C38H34F4N10O2. The molecule has 0 fully saturated rings. The molecule has 0 amide bonds. The first-order chi connectivity index (χ1) is 26.2. The number of benzene rings is 2. The fourth-order valence-corrected chi connectivity index (χ4v) is 6.61. The van der Waals surface area contributed by atoms with Crippen molar-refractivity contribution in [2.45, 2.75) is 38.8 Å². The minimum absolute atomic E-state index is 0.103. The molecule has 0 aliphatic carbocycles. The zero-order valence-corrected chi connectivity index (χ0v) is 29.7. The van der Waals surface area contributed by atoms with Crippen molar-refractivity contribution < 1.29 is 27.0 Å². The Kier molecular flexibility index (Phi) is 10.2. The Hall–Kier alpha value is -6.32. The normalized spacial score (nSPS) is 16.1. The molecule has 4 aromatic heterocycles. The third kappa shape index (κ3) is 7.06.